The Bertz CT molecular complexity index is 854. The van der Waals surface area contributed by atoms with Gasteiger partial charge in [0.15, 0.2) is 0 Å². The van der Waals surface area contributed by atoms with E-state index in [1.807, 2.05) is 10.8 Å². The first-order valence-corrected chi connectivity index (χ1v) is 9.60. The number of aromatic nitrogens is 3. The van der Waals surface area contributed by atoms with Gasteiger partial charge in [-0.15, -0.1) is 0 Å². The summed E-state index contributed by atoms with van der Waals surface area (Å²) in [5.41, 5.74) is 0.355. The Morgan fingerprint density at radius 1 is 1.40 bits per heavy atom. The van der Waals surface area contributed by atoms with Crippen molar-refractivity contribution in [3.8, 4) is 0 Å². The second kappa shape index (κ2) is 6.64. The van der Waals surface area contributed by atoms with Crippen LogP contribution in [0.5, 0.6) is 0 Å². The molecule has 1 aliphatic rings. The van der Waals surface area contributed by atoms with E-state index >= 15 is 0 Å². The van der Waals surface area contributed by atoms with Crippen LogP contribution in [0.4, 0.5) is 0 Å². The SMILES string of the molecule is CN(C)C(=O)c1cc(S(=O)(=O)N2CCC[C@H]2Cn2ccnc2)cn1C. The number of carbonyl (C=O) groups excluding carboxylic acids is 1. The summed E-state index contributed by atoms with van der Waals surface area (Å²) >= 11 is 0. The van der Waals surface area contributed by atoms with E-state index in [4.69, 9.17) is 0 Å². The maximum Gasteiger partial charge on any atom is 0.269 e. The fourth-order valence-corrected chi connectivity index (χ4v) is 4.96. The molecule has 2 aromatic heterocycles. The molecule has 0 aromatic carbocycles. The second-order valence-corrected chi connectivity index (χ2v) is 8.43. The molecule has 1 atom stereocenters. The number of hydrogen-bond donors (Lipinski definition) is 0. The molecule has 0 N–H and O–H groups in total. The molecule has 1 aliphatic heterocycles. The minimum Gasteiger partial charge on any atom is -0.345 e. The largest absolute Gasteiger partial charge is 0.345 e. The zero-order chi connectivity index (χ0) is 18.2. The van der Waals surface area contributed by atoms with Gasteiger partial charge in [0.05, 0.1) is 6.33 Å². The summed E-state index contributed by atoms with van der Waals surface area (Å²) in [7, 11) is 1.33. The molecule has 0 saturated carbocycles. The van der Waals surface area contributed by atoms with Crippen molar-refractivity contribution >= 4 is 15.9 Å². The van der Waals surface area contributed by atoms with E-state index in [1.54, 1.807) is 42.5 Å². The van der Waals surface area contributed by atoms with Gasteiger partial charge in [-0.05, 0) is 18.9 Å². The van der Waals surface area contributed by atoms with Crippen LogP contribution in [0.15, 0.2) is 35.9 Å². The Morgan fingerprint density at radius 3 is 2.80 bits per heavy atom. The predicted molar refractivity (Wildman–Crippen MR) is 92.6 cm³/mol. The van der Waals surface area contributed by atoms with Crippen LogP contribution in [0, 0.1) is 0 Å². The van der Waals surface area contributed by atoms with E-state index in [1.165, 1.54) is 17.2 Å². The summed E-state index contributed by atoms with van der Waals surface area (Å²) in [6.45, 7) is 1.07. The fraction of sp³-hybridized carbons (Fsp3) is 0.500. The maximum absolute atomic E-state index is 13.1. The Labute approximate surface area is 147 Å². The van der Waals surface area contributed by atoms with Crippen LogP contribution >= 0.6 is 0 Å². The van der Waals surface area contributed by atoms with E-state index in [-0.39, 0.29) is 16.8 Å². The predicted octanol–water partition coefficient (Wildman–Crippen LogP) is 0.777. The summed E-state index contributed by atoms with van der Waals surface area (Å²) in [6, 6.07) is 1.36. The Kier molecular flexibility index (Phi) is 4.70. The highest BCUT2D eigenvalue weighted by Gasteiger charge is 2.36. The van der Waals surface area contributed by atoms with E-state index in [9.17, 15) is 13.2 Å². The van der Waals surface area contributed by atoms with Crippen molar-refractivity contribution in [2.24, 2.45) is 7.05 Å². The van der Waals surface area contributed by atoms with Crippen LogP contribution in [0.3, 0.4) is 0 Å². The number of nitrogens with zero attached hydrogens (tertiary/aromatic N) is 5. The van der Waals surface area contributed by atoms with Crippen molar-refractivity contribution in [3.63, 3.8) is 0 Å². The van der Waals surface area contributed by atoms with Crippen LogP contribution in [0.25, 0.3) is 0 Å². The number of hydrogen-bond acceptors (Lipinski definition) is 4. The molecule has 0 spiro atoms. The van der Waals surface area contributed by atoms with E-state index in [2.05, 4.69) is 4.98 Å². The number of rotatable bonds is 5. The highest BCUT2D eigenvalue weighted by molar-refractivity contribution is 7.89. The molecular formula is C16H23N5O3S. The van der Waals surface area contributed by atoms with Gasteiger partial charge in [0.25, 0.3) is 5.91 Å². The van der Waals surface area contributed by atoms with Crippen molar-refractivity contribution in [1.29, 1.82) is 0 Å². The average Bonchev–Trinajstić information content (AvgIpc) is 3.27. The highest BCUT2D eigenvalue weighted by atomic mass is 32.2. The third kappa shape index (κ3) is 3.34. The molecule has 0 radical (unpaired) electrons. The van der Waals surface area contributed by atoms with Crippen LogP contribution < -0.4 is 0 Å². The van der Waals surface area contributed by atoms with Gasteiger partial charge in [-0.2, -0.15) is 4.31 Å². The molecule has 1 saturated heterocycles. The summed E-state index contributed by atoms with van der Waals surface area (Å²) < 4.78 is 31.2. The molecule has 1 fully saturated rings. The number of imidazole rings is 1. The number of sulfonamides is 1. The zero-order valence-electron chi connectivity index (χ0n) is 14.7. The third-order valence-corrected chi connectivity index (χ3v) is 6.43. The zero-order valence-corrected chi connectivity index (χ0v) is 15.5. The monoisotopic (exact) mass is 365 g/mol. The normalized spacial score (nSPS) is 18.6. The number of carbonyl (C=O) groups is 1. The van der Waals surface area contributed by atoms with Crippen molar-refractivity contribution in [3.05, 3.63) is 36.7 Å². The van der Waals surface area contributed by atoms with Crippen molar-refractivity contribution in [2.75, 3.05) is 20.6 Å². The Balaban J connectivity index is 1.88. The first-order chi connectivity index (χ1) is 11.8. The van der Waals surface area contributed by atoms with Crippen LogP contribution in [0.2, 0.25) is 0 Å². The molecule has 0 aliphatic carbocycles. The Morgan fingerprint density at radius 2 is 2.16 bits per heavy atom. The quantitative estimate of drug-likeness (QED) is 0.784. The first kappa shape index (κ1) is 17.7. The van der Waals surface area contributed by atoms with E-state index < -0.39 is 10.0 Å². The number of amides is 1. The molecule has 25 heavy (non-hydrogen) atoms. The van der Waals surface area contributed by atoms with Gasteiger partial charge >= 0.3 is 0 Å². The molecule has 0 bridgehead atoms. The van der Waals surface area contributed by atoms with Gasteiger partial charge in [0.1, 0.15) is 10.6 Å². The summed E-state index contributed by atoms with van der Waals surface area (Å²) in [6.07, 6.45) is 8.37. The molecule has 1 amide bonds. The summed E-state index contributed by atoms with van der Waals surface area (Å²) in [5.74, 6) is -0.222. The topological polar surface area (TPSA) is 80.4 Å². The van der Waals surface area contributed by atoms with Crippen LogP contribution in [0.1, 0.15) is 23.3 Å². The molecule has 2 aromatic rings. The molecule has 136 valence electrons. The summed E-state index contributed by atoms with van der Waals surface area (Å²) in [4.78, 5) is 17.8. The maximum atomic E-state index is 13.1. The molecule has 8 nitrogen and oxygen atoms in total. The highest BCUT2D eigenvalue weighted by Crippen LogP contribution is 2.28. The molecular weight excluding hydrogens is 342 g/mol. The molecule has 3 heterocycles. The average molecular weight is 365 g/mol. The standard InChI is InChI=1S/C16H23N5O3S/c1-18(2)16(22)15-9-14(11-19(15)3)25(23,24)21-7-4-5-13(21)10-20-8-6-17-12-20/h6,8-9,11-13H,4-5,7,10H2,1-3H3/t13-/m0/s1. The third-order valence-electron chi connectivity index (χ3n) is 4.52. The minimum atomic E-state index is -3.64. The van der Waals surface area contributed by atoms with Crippen molar-refractivity contribution in [2.45, 2.75) is 30.3 Å². The van der Waals surface area contributed by atoms with E-state index in [0.717, 1.165) is 12.8 Å². The van der Waals surface area contributed by atoms with Gasteiger partial charge in [0, 0.05) is 58.9 Å². The first-order valence-electron chi connectivity index (χ1n) is 8.16. The van der Waals surface area contributed by atoms with Crippen molar-refractivity contribution in [1.82, 2.24) is 23.3 Å². The lowest BCUT2D eigenvalue weighted by Gasteiger charge is -2.23. The fourth-order valence-electron chi connectivity index (χ4n) is 3.20. The smallest absolute Gasteiger partial charge is 0.269 e. The van der Waals surface area contributed by atoms with Gasteiger partial charge in [-0.1, -0.05) is 0 Å². The second-order valence-electron chi connectivity index (χ2n) is 6.54. The van der Waals surface area contributed by atoms with E-state index in [0.29, 0.717) is 18.8 Å². The molecule has 0 unspecified atom stereocenters. The lowest BCUT2D eigenvalue weighted by molar-refractivity contribution is 0.0818. The van der Waals surface area contributed by atoms with Crippen LogP contribution in [-0.4, -0.2) is 64.3 Å². The molecule has 3 rings (SSSR count). The lowest BCUT2D eigenvalue weighted by Crippen LogP contribution is -2.37. The van der Waals surface area contributed by atoms with Gasteiger partial charge in [0.2, 0.25) is 10.0 Å². The van der Waals surface area contributed by atoms with Crippen molar-refractivity contribution < 1.29 is 13.2 Å². The Hall–Kier alpha value is -2.13. The lowest BCUT2D eigenvalue weighted by atomic mass is 10.2. The van der Waals surface area contributed by atoms with Gasteiger partial charge in [-0.3, -0.25) is 4.79 Å². The van der Waals surface area contributed by atoms with Gasteiger partial charge < -0.3 is 14.0 Å². The summed E-state index contributed by atoms with van der Waals surface area (Å²) in [5, 5.41) is 0. The van der Waals surface area contributed by atoms with Gasteiger partial charge in [-0.25, -0.2) is 13.4 Å². The minimum absolute atomic E-state index is 0.104. The van der Waals surface area contributed by atoms with Crippen LogP contribution in [-0.2, 0) is 23.6 Å². The number of aryl methyl sites for hydroxylation is 1. The molecule has 9 heteroatoms.